The van der Waals surface area contributed by atoms with Crippen molar-refractivity contribution in [1.82, 2.24) is 5.32 Å². The van der Waals surface area contributed by atoms with Gasteiger partial charge in [0.1, 0.15) is 0 Å². The van der Waals surface area contributed by atoms with Crippen molar-refractivity contribution in [2.24, 2.45) is 0 Å². The van der Waals surface area contributed by atoms with E-state index >= 15 is 0 Å². The molecule has 1 aromatic rings. The summed E-state index contributed by atoms with van der Waals surface area (Å²) in [4.78, 5) is 0. The minimum Gasteiger partial charge on any atom is -0.390 e. The van der Waals surface area contributed by atoms with Gasteiger partial charge in [-0.15, -0.1) is 12.4 Å². The maximum absolute atomic E-state index is 10.3. The van der Waals surface area contributed by atoms with Gasteiger partial charge in [0.15, 0.2) is 0 Å². The molecule has 0 aromatic heterocycles. The highest BCUT2D eigenvalue weighted by atomic mass is 35.5. The molecule has 0 amide bonds. The Kier molecular flexibility index (Phi) is 7.39. The molecule has 19 heavy (non-hydrogen) atoms. The van der Waals surface area contributed by atoms with Crippen LogP contribution < -0.4 is 5.32 Å². The molecule has 1 aliphatic heterocycles. The number of nitrogens with one attached hydrogen (secondary N) is 1. The maximum Gasteiger partial charge on any atom is 0.0716 e. The molecular formula is C15H24ClNO2. The van der Waals surface area contributed by atoms with Gasteiger partial charge in [0.05, 0.1) is 12.2 Å². The van der Waals surface area contributed by atoms with Gasteiger partial charge in [-0.3, -0.25) is 0 Å². The number of aliphatic hydroxyl groups is 1. The lowest BCUT2D eigenvalue weighted by Crippen LogP contribution is -2.41. The van der Waals surface area contributed by atoms with E-state index in [0.717, 1.165) is 45.4 Å². The predicted octanol–water partition coefficient (Wildman–Crippen LogP) is 2.52. The Labute approximate surface area is 121 Å². The van der Waals surface area contributed by atoms with Crippen molar-refractivity contribution in [2.75, 3.05) is 19.7 Å². The molecule has 4 heteroatoms. The Morgan fingerprint density at radius 3 is 2.53 bits per heavy atom. The average molecular weight is 286 g/mol. The third kappa shape index (κ3) is 5.91. The van der Waals surface area contributed by atoms with Crippen LogP contribution in [0.15, 0.2) is 30.3 Å². The van der Waals surface area contributed by atoms with Gasteiger partial charge in [-0.25, -0.2) is 0 Å². The van der Waals surface area contributed by atoms with Crippen LogP contribution in [0.3, 0.4) is 0 Å². The first-order valence-corrected chi connectivity index (χ1v) is 6.83. The van der Waals surface area contributed by atoms with E-state index in [9.17, 15) is 5.11 Å². The number of halogens is 1. The predicted molar refractivity (Wildman–Crippen MR) is 79.6 cm³/mol. The lowest BCUT2D eigenvalue weighted by molar-refractivity contribution is -0.00748. The van der Waals surface area contributed by atoms with Crippen LogP contribution in [0.25, 0.3) is 0 Å². The monoisotopic (exact) mass is 285 g/mol. The second-order valence-corrected chi connectivity index (χ2v) is 5.12. The van der Waals surface area contributed by atoms with Crippen molar-refractivity contribution in [3.8, 4) is 0 Å². The zero-order chi connectivity index (χ0) is 12.7. The maximum atomic E-state index is 10.3. The van der Waals surface area contributed by atoms with Gasteiger partial charge in [0.25, 0.3) is 0 Å². The molecule has 0 radical (unpaired) electrons. The molecule has 1 aliphatic rings. The van der Waals surface area contributed by atoms with Crippen molar-refractivity contribution in [1.29, 1.82) is 0 Å². The Morgan fingerprint density at radius 2 is 1.84 bits per heavy atom. The van der Waals surface area contributed by atoms with E-state index in [2.05, 4.69) is 17.4 Å². The van der Waals surface area contributed by atoms with Crippen molar-refractivity contribution in [3.05, 3.63) is 35.9 Å². The van der Waals surface area contributed by atoms with Crippen LogP contribution in [-0.4, -0.2) is 30.4 Å². The van der Waals surface area contributed by atoms with E-state index in [4.69, 9.17) is 4.74 Å². The van der Waals surface area contributed by atoms with Crippen LogP contribution >= 0.6 is 12.4 Å². The van der Waals surface area contributed by atoms with E-state index in [-0.39, 0.29) is 12.4 Å². The molecule has 2 N–H and O–H groups in total. The normalized spacial score (nSPS) is 17.7. The molecule has 1 fully saturated rings. The van der Waals surface area contributed by atoms with Gasteiger partial charge in [-0.2, -0.15) is 0 Å². The quantitative estimate of drug-likeness (QED) is 0.789. The first-order chi connectivity index (χ1) is 8.79. The van der Waals surface area contributed by atoms with Crippen LogP contribution in [0.4, 0.5) is 0 Å². The summed E-state index contributed by atoms with van der Waals surface area (Å²) >= 11 is 0. The van der Waals surface area contributed by atoms with E-state index < -0.39 is 5.60 Å². The summed E-state index contributed by atoms with van der Waals surface area (Å²) < 4.78 is 5.63. The highest BCUT2D eigenvalue weighted by Gasteiger charge is 2.28. The van der Waals surface area contributed by atoms with Gasteiger partial charge in [0, 0.05) is 6.61 Å². The van der Waals surface area contributed by atoms with Gasteiger partial charge in [-0.1, -0.05) is 30.3 Å². The molecule has 108 valence electrons. The fraction of sp³-hybridized carbons (Fsp3) is 0.600. The number of benzene rings is 1. The summed E-state index contributed by atoms with van der Waals surface area (Å²) in [5.74, 6) is 0. The molecule has 0 spiro atoms. The second-order valence-electron chi connectivity index (χ2n) is 5.12. The number of ether oxygens (including phenoxy) is 1. The standard InChI is InChI=1S/C15H23NO2.ClH/c17-15(8-10-16-11-9-15)7-4-12-18-13-14-5-2-1-3-6-14;/h1-3,5-6,16-17H,4,7-13H2;1H. The van der Waals surface area contributed by atoms with Crippen molar-refractivity contribution in [2.45, 2.75) is 37.9 Å². The Morgan fingerprint density at radius 1 is 1.16 bits per heavy atom. The topological polar surface area (TPSA) is 41.5 Å². The Balaban J connectivity index is 0.00000180. The molecule has 0 aliphatic carbocycles. The molecule has 0 atom stereocenters. The molecule has 1 saturated heterocycles. The van der Waals surface area contributed by atoms with Gasteiger partial charge >= 0.3 is 0 Å². The van der Waals surface area contributed by atoms with E-state index in [1.165, 1.54) is 5.56 Å². The molecule has 1 aromatic carbocycles. The van der Waals surface area contributed by atoms with E-state index in [1.54, 1.807) is 0 Å². The lowest BCUT2D eigenvalue weighted by Gasteiger charge is -2.32. The van der Waals surface area contributed by atoms with Crippen LogP contribution in [0, 0.1) is 0 Å². The number of piperidine rings is 1. The molecule has 0 bridgehead atoms. The van der Waals surface area contributed by atoms with Crippen LogP contribution in [0.1, 0.15) is 31.2 Å². The van der Waals surface area contributed by atoms with Crippen molar-refractivity contribution >= 4 is 12.4 Å². The number of rotatable bonds is 6. The molecular weight excluding hydrogens is 262 g/mol. The summed E-state index contributed by atoms with van der Waals surface area (Å²) in [6.07, 6.45) is 3.52. The number of hydrogen-bond donors (Lipinski definition) is 2. The molecule has 2 rings (SSSR count). The summed E-state index contributed by atoms with van der Waals surface area (Å²) in [7, 11) is 0. The highest BCUT2D eigenvalue weighted by Crippen LogP contribution is 2.23. The van der Waals surface area contributed by atoms with Gasteiger partial charge in [-0.05, 0) is 44.3 Å². The number of hydrogen-bond acceptors (Lipinski definition) is 3. The molecule has 3 nitrogen and oxygen atoms in total. The first kappa shape index (κ1) is 16.4. The zero-order valence-corrected chi connectivity index (χ0v) is 12.1. The largest absolute Gasteiger partial charge is 0.390 e. The Hall–Kier alpha value is -0.610. The third-order valence-electron chi connectivity index (χ3n) is 3.58. The van der Waals surface area contributed by atoms with E-state index in [1.807, 2.05) is 18.2 Å². The minimum atomic E-state index is -0.457. The molecule has 0 unspecified atom stereocenters. The summed E-state index contributed by atoms with van der Waals surface area (Å²) in [5, 5.41) is 13.6. The molecule has 0 saturated carbocycles. The lowest BCUT2D eigenvalue weighted by atomic mass is 9.88. The van der Waals surface area contributed by atoms with E-state index in [0.29, 0.717) is 6.61 Å². The minimum absolute atomic E-state index is 0. The third-order valence-corrected chi connectivity index (χ3v) is 3.58. The first-order valence-electron chi connectivity index (χ1n) is 6.83. The Bertz CT molecular complexity index is 339. The molecule has 1 heterocycles. The fourth-order valence-electron chi connectivity index (χ4n) is 2.41. The van der Waals surface area contributed by atoms with Crippen LogP contribution in [0.2, 0.25) is 0 Å². The van der Waals surface area contributed by atoms with Crippen molar-refractivity contribution < 1.29 is 9.84 Å². The van der Waals surface area contributed by atoms with Crippen LogP contribution in [0.5, 0.6) is 0 Å². The van der Waals surface area contributed by atoms with Gasteiger partial charge < -0.3 is 15.2 Å². The summed E-state index contributed by atoms with van der Waals surface area (Å²) in [6, 6.07) is 10.2. The highest BCUT2D eigenvalue weighted by molar-refractivity contribution is 5.85. The SMILES string of the molecule is Cl.OC1(CCCOCc2ccccc2)CCNCC1. The fourth-order valence-corrected chi connectivity index (χ4v) is 2.41. The van der Waals surface area contributed by atoms with Crippen molar-refractivity contribution in [3.63, 3.8) is 0 Å². The summed E-state index contributed by atoms with van der Waals surface area (Å²) in [6.45, 7) is 3.26. The average Bonchev–Trinajstić information content (AvgIpc) is 2.40. The summed E-state index contributed by atoms with van der Waals surface area (Å²) in [5.41, 5.74) is 0.750. The second kappa shape index (κ2) is 8.54. The van der Waals surface area contributed by atoms with Crippen LogP contribution in [-0.2, 0) is 11.3 Å². The smallest absolute Gasteiger partial charge is 0.0716 e. The van der Waals surface area contributed by atoms with Gasteiger partial charge in [0.2, 0.25) is 0 Å². The zero-order valence-electron chi connectivity index (χ0n) is 11.3.